The van der Waals surface area contributed by atoms with E-state index in [1.54, 1.807) is 0 Å². The Bertz CT molecular complexity index is 868. The van der Waals surface area contributed by atoms with Crippen molar-refractivity contribution in [3.63, 3.8) is 0 Å². The predicted octanol–water partition coefficient (Wildman–Crippen LogP) is 3.22. The summed E-state index contributed by atoms with van der Waals surface area (Å²) in [5.74, 6) is -1.62. The second kappa shape index (κ2) is 8.58. The number of fused-ring (bicyclic) bond motifs is 1. The van der Waals surface area contributed by atoms with E-state index in [4.69, 9.17) is 4.74 Å². The van der Waals surface area contributed by atoms with Crippen LogP contribution in [-0.4, -0.2) is 46.8 Å². The minimum absolute atomic E-state index is 0.0687. The maximum Gasteiger partial charge on any atom is 0.338 e. The first-order valence-electron chi connectivity index (χ1n) is 11.0. The minimum atomic E-state index is -0.928. The molecule has 1 aliphatic heterocycles. The molecule has 3 amide bonds. The highest BCUT2D eigenvalue weighted by atomic mass is 16.5. The van der Waals surface area contributed by atoms with Gasteiger partial charge < -0.3 is 10.1 Å². The number of nitrogens with zero attached hydrogens (tertiary/aromatic N) is 1. The van der Waals surface area contributed by atoms with Gasteiger partial charge in [-0.2, -0.15) is 0 Å². The Kier molecular flexibility index (Phi) is 5.88. The molecule has 1 heterocycles. The molecule has 4 rings (SSSR count). The Labute approximate surface area is 176 Å². The molecule has 2 aliphatic carbocycles. The molecule has 1 aromatic rings. The fraction of sp³-hybridized carbons (Fsp3) is 0.565. The lowest BCUT2D eigenvalue weighted by Gasteiger charge is -2.29. The monoisotopic (exact) mass is 412 g/mol. The van der Waals surface area contributed by atoms with Gasteiger partial charge in [-0.05, 0) is 50.8 Å². The Hall–Kier alpha value is -2.70. The van der Waals surface area contributed by atoms with Gasteiger partial charge in [0.2, 0.25) is 0 Å². The van der Waals surface area contributed by atoms with Crippen molar-refractivity contribution >= 4 is 23.7 Å². The molecule has 7 nitrogen and oxygen atoms in total. The number of amides is 3. The Morgan fingerprint density at radius 1 is 0.967 bits per heavy atom. The Balaban J connectivity index is 1.43. The molecule has 1 atom stereocenters. The van der Waals surface area contributed by atoms with E-state index in [1.165, 1.54) is 30.0 Å². The van der Waals surface area contributed by atoms with E-state index in [0.717, 1.165) is 57.8 Å². The zero-order valence-corrected chi connectivity index (χ0v) is 17.3. The molecule has 30 heavy (non-hydrogen) atoms. The fourth-order valence-corrected chi connectivity index (χ4v) is 4.73. The predicted molar refractivity (Wildman–Crippen MR) is 109 cm³/mol. The summed E-state index contributed by atoms with van der Waals surface area (Å²) in [6, 6.07) is 4.49. The van der Waals surface area contributed by atoms with Crippen LogP contribution in [0.4, 0.5) is 0 Å². The number of carbonyl (C=O) groups is 4. The number of ether oxygens (including phenoxy) is 1. The van der Waals surface area contributed by atoms with Gasteiger partial charge in [-0.15, -0.1) is 0 Å². The van der Waals surface area contributed by atoms with Gasteiger partial charge in [0.15, 0.2) is 6.10 Å². The van der Waals surface area contributed by atoms with Gasteiger partial charge in [0.1, 0.15) is 0 Å². The number of hydrogen-bond acceptors (Lipinski definition) is 5. The number of nitrogens with one attached hydrogen (secondary N) is 1. The second-order valence-corrected chi connectivity index (χ2v) is 8.57. The summed E-state index contributed by atoms with van der Waals surface area (Å²) in [5, 5.41) is 2.91. The maximum atomic E-state index is 12.9. The van der Waals surface area contributed by atoms with Gasteiger partial charge in [-0.1, -0.05) is 32.1 Å². The van der Waals surface area contributed by atoms with Crippen molar-refractivity contribution in [2.45, 2.75) is 82.9 Å². The van der Waals surface area contributed by atoms with Gasteiger partial charge in [-0.3, -0.25) is 19.3 Å². The number of hydrogen-bond donors (Lipinski definition) is 1. The quantitative estimate of drug-likeness (QED) is 0.592. The van der Waals surface area contributed by atoms with E-state index >= 15 is 0 Å². The van der Waals surface area contributed by atoms with Crippen LogP contribution in [0.1, 0.15) is 95.8 Å². The van der Waals surface area contributed by atoms with Crippen LogP contribution in [-0.2, 0) is 9.53 Å². The fourth-order valence-electron chi connectivity index (χ4n) is 4.73. The summed E-state index contributed by atoms with van der Waals surface area (Å²) in [7, 11) is 0. The number of imide groups is 1. The lowest BCUT2D eigenvalue weighted by molar-refractivity contribution is -0.129. The van der Waals surface area contributed by atoms with Crippen molar-refractivity contribution in [3.05, 3.63) is 34.9 Å². The standard InChI is InChI=1S/C23H28N2O5/c1-14(20(26)24-16-7-5-6-8-16)30-23(29)15-11-12-18-19(13-15)22(28)25(21(18)27)17-9-3-2-4-10-17/h11-14,16-17H,2-10H2,1H3,(H,24,26)/t14-/m1/s1. The zero-order chi connectivity index (χ0) is 21.3. The van der Waals surface area contributed by atoms with Gasteiger partial charge in [-0.25, -0.2) is 4.79 Å². The molecular formula is C23H28N2O5. The van der Waals surface area contributed by atoms with E-state index in [-0.39, 0.29) is 40.9 Å². The van der Waals surface area contributed by atoms with Crippen molar-refractivity contribution in [1.29, 1.82) is 0 Å². The lowest BCUT2D eigenvalue weighted by atomic mass is 9.94. The Morgan fingerprint density at radius 2 is 1.60 bits per heavy atom. The summed E-state index contributed by atoms with van der Waals surface area (Å²) in [6.45, 7) is 1.54. The molecule has 2 fully saturated rings. The number of esters is 1. The van der Waals surface area contributed by atoms with Crippen LogP contribution in [0.5, 0.6) is 0 Å². The molecule has 3 aliphatic rings. The molecule has 0 saturated heterocycles. The summed E-state index contributed by atoms with van der Waals surface area (Å²) in [6.07, 6.45) is 7.97. The van der Waals surface area contributed by atoms with Gasteiger partial charge >= 0.3 is 5.97 Å². The minimum Gasteiger partial charge on any atom is -0.449 e. The summed E-state index contributed by atoms with van der Waals surface area (Å²) in [5.41, 5.74) is 0.734. The molecule has 0 radical (unpaired) electrons. The maximum absolute atomic E-state index is 12.9. The van der Waals surface area contributed by atoms with Crippen LogP contribution in [0.15, 0.2) is 18.2 Å². The molecule has 0 bridgehead atoms. The third-order valence-electron chi connectivity index (χ3n) is 6.45. The molecule has 0 aromatic heterocycles. The van der Waals surface area contributed by atoms with Crippen LogP contribution in [0.3, 0.4) is 0 Å². The normalized spacial score (nSPS) is 20.9. The van der Waals surface area contributed by atoms with Gasteiger partial charge in [0.25, 0.3) is 17.7 Å². The SMILES string of the molecule is C[C@@H](OC(=O)c1ccc2c(c1)C(=O)N(C1CCCCC1)C2=O)C(=O)NC1CCCC1. The van der Waals surface area contributed by atoms with Gasteiger partial charge in [0, 0.05) is 12.1 Å². The van der Waals surface area contributed by atoms with Crippen molar-refractivity contribution in [2.24, 2.45) is 0 Å². The first-order valence-corrected chi connectivity index (χ1v) is 11.0. The molecule has 160 valence electrons. The molecule has 0 unspecified atom stereocenters. The summed E-state index contributed by atoms with van der Waals surface area (Å²) in [4.78, 5) is 51.8. The third-order valence-corrected chi connectivity index (χ3v) is 6.45. The van der Waals surface area contributed by atoms with Crippen molar-refractivity contribution < 1.29 is 23.9 Å². The highest BCUT2D eigenvalue weighted by Crippen LogP contribution is 2.31. The average Bonchev–Trinajstić information content (AvgIpc) is 3.35. The average molecular weight is 412 g/mol. The number of benzene rings is 1. The van der Waals surface area contributed by atoms with E-state index in [1.807, 2.05) is 0 Å². The van der Waals surface area contributed by atoms with Crippen LogP contribution in [0, 0.1) is 0 Å². The van der Waals surface area contributed by atoms with Crippen LogP contribution < -0.4 is 5.32 Å². The molecule has 1 aromatic carbocycles. The second-order valence-electron chi connectivity index (χ2n) is 8.57. The smallest absolute Gasteiger partial charge is 0.338 e. The molecule has 7 heteroatoms. The zero-order valence-electron chi connectivity index (χ0n) is 17.3. The van der Waals surface area contributed by atoms with Crippen LogP contribution in [0.2, 0.25) is 0 Å². The molecule has 1 N–H and O–H groups in total. The molecular weight excluding hydrogens is 384 g/mol. The lowest BCUT2D eigenvalue weighted by Crippen LogP contribution is -2.41. The molecule has 0 spiro atoms. The first-order chi connectivity index (χ1) is 14.5. The third kappa shape index (κ3) is 3.98. The van der Waals surface area contributed by atoms with E-state index in [9.17, 15) is 19.2 Å². The highest BCUT2D eigenvalue weighted by Gasteiger charge is 2.40. The summed E-state index contributed by atoms with van der Waals surface area (Å²) < 4.78 is 5.31. The van der Waals surface area contributed by atoms with Crippen molar-refractivity contribution in [2.75, 3.05) is 0 Å². The van der Waals surface area contributed by atoms with Gasteiger partial charge in [0.05, 0.1) is 16.7 Å². The number of carbonyl (C=O) groups excluding carboxylic acids is 4. The topological polar surface area (TPSA) is 92.8 Å². The first kappa shape index (κ1) is 20.6. The van der Waals surface area contributed by atoms with E-state index < -0.39 is 12.1 Å². The Morgan fingerprint density at radius 3 is 2.30 bits per heavy atom. The summed E-state index contributed by atoms with van der Waals surface area (Å²) >= 11 is 0. The largest absolute Gasteiger partial charge is 0.449 e. The molecule has 2 saturated carbocycles. The van der Waals surface area contributed by atoms with Crippen molar-refractivity contribution in [1.82, 2.24) is 10.2 Å². The van der Waals surface area contributed by atoms with E-state index in [2.05, 4.69) is 5.32 Å². The van der Waals surface area contributed by atoms with E-state index in [0.29, 0.717) is 5.56 Å². The number of rotatable bonds is 5. The van der Waals surface area contributed by atoms with Crippen LogP contribution >= 0.6 is 0 Å². The van der Waals surface area contributed by atoms with Crippen molar-refractivity contribution in [3.8, 4) is 0 Å². The highest BCUT2D eigenvalue weighted by molar-refractivity contribution is 6.22. The van der Waals surface area contributed by atoms with Crippen LogP contribution in [0.25, 0.3) is 0 Å².